The predicted octanol–water partition coefficient (Wildman–Crippen LogP) is -9.20. The first-order valence-electron chi connectivity index (χ1n) is 4.25. The number of carbonyl (C=O) groups excluding carboxylic acids is 2. The van der Waals surface area contributed by atoms with Gasteiger partial charge >= 0.3 is 59.1 Å². The molecule has 8 heteroatoms. The maximum Gasteiger partial charge on any atom is 1.00 e. The molecule has 5 nitrogen and oxygen atoms in total. The number of rotatable bonds is 2. The summed E-state index contributed by atoms with van der Waals surface area (Å²) in [6.45, 7) is 0. The van der Waals surface area contributed by atoms with E-state index in [9.17, 15) is 24.2 Å². The van der Waals surface area contributed by atoms with Gasteiger partial charge in [0.05, 0.1) is 0 Å². The van der Waals surface area contributed by atoms with Crippen LogP contribution >= 0.6 is 0 Å². The van der Waals surface area contributed by atoms with E-state index in [0.29, 0.717) is 0 Å². The smallest absolute Gasteiger partial charge is 0.550 e. The number of carbonyl (C=O) groups is 2. The topological polar surface area (TPSA) is 106 Å². The van der Waals surface area contributed by atoms with Crippen LogP contribution in [-0.4, -0.2) is 23.6 Å². The van der Waals surface area contributed by atoms with E-state index in [2.05, 4.69) is 0 Å². The Morgan fingerprint density at radius 2 is 1.75 bits per heavy atom. The number of carboxylic acid groups (broad SMARTS) is 2. The fourth-order valence-corrected chi connectivity index (χ4v) is 2.65. The second-order valence-electron chi connectivity index (χ2n) is 3.95. The number of fused-ring (bicyclic) bond motifs is 1. The first-order valence-corrected chi connectivity index (χ1v) is 4.25. The summed E-state index contributed by atoms with van der Waals surface area (Å²) >= 11 is 0. The fourth-order valence-electron chi connectivity index (χ4n) is 2.65. The minimum absolute atomic E-state index is 0. The number of hydrogen-bond acceptors (Lipinski definition) is 5. The number of carboxylic acids is 2. The maximum absolute atomic E-state index is 13.2. The van der Waals surface area contributed by atoms with Crippen molar-refractivity contribution in [3.63, 3.8) is 0 Å². The third-order valence-electron chi connectivity index (χ3n) is 3.36. The largest absolute Gasteiger partial charge is 1.00 e. The van der Waals surface area contributed by atoms with Gasteiger partial charge in [0, 0.05) is 35.2 Å². The van der Waals surface area contributed by atoms with Crippen molar-refractivity contribution in [2.24, 2.45) is 23.5 Å². The number of nitrogens with two attached hydrogens (primary N) is 1. The second-order valence-corrected chi connectivity index (χ2v) is 3.95. The van der Waals surface area contributed by atoms with Crippen LogP contribution in [-0.2, 0) is 9.59 Å². The molecule has 0 heterocycles. The summed E-state index contributed by atoms with van der Waals surface area (Å²) in [5.74, 6) is -6.29. The van der Waals surface area contributed by atoms with Crippen molar-refractivity contribution in [3.05, 3.63) is 0 Å². The Hall–Kier alpha value is 0.830. The monoisotopic (exact) mass is 247 g/mol. The molecule has 0 spiro atoms. The van der Waals surface area contributed by atoms with Crippen LogP contribution in [0, 0.1) is 17.8 Å². The molecule has 78 valence electrons. The van der Waals surface area contributed by atoms with Gasteiger partial charge in [-0.1, -0.05) is 0 Å². The van der Waals surface area contributed by atoms with E-state index >= 15 is 0 Å². The van der Waals surface area contributed by atoms with Gasteiger partial charge in [-0.05, 0) is 6.42 Å². The molecule has 0 aliphatic heterocycles. The molecule has 2 N–H and O–H groups in total. The zero-order valence-corrected chi connectivity index (χ0v) is 13.1. The number of halogens is 1. The van der Waals surface area contributed by atoms with Crippen molar-refractivity contribution >= 4 is 11.9 Å². The molecule has 2 saturated carbocycles. The molecule has 2 fully saturated rings. The Labute approximate surface area is 136 Å². The van der Waals surface area contributed by atoms with Crippen LogP contribution in [0.15, 0.2) is 0 Å². The molecule has 2 aliphatic rings. The molecule has 0 amide bonds. The first kappa shape index (κ1) is 16.8. The average Bonchev–Trinajstić information content (AvgIpc) is 2.60. The van der Waals surface area contributed by atoms with Crippen molar-refractivity contribution in [2.45, 2.75) is 18.1 Å². The molecular formula is C8H8FNNa2O4. The van der Waals surface area contributed by atoms with Gasteiger partial charge in [-0.15, -0.1) is 0 Å². The summed E-state index contributed by atoms with van der Waals surface area (Å²) in [6.07, 6.45) is -1.74. The van der Waals surface area contributed by atoms with Crippen LogP contribution in [0.3, 0.4) is 0 Å². The number of alkyl halides is 1. The zero-order valence-electron chi connectivity index (χ0n) is 9.10. The Balaban J connectivity index is 0.00000112. The van der Waals surface area contributed by atoms with E-state index in [1.54, 1.807) is 0 Å². The Kier molecular flexibility index (Phi) is 5.49. The van der Waals surface area contributed by atoms with E-state index in [1.165, 1.54) is 0 Å². The van der Waals surface area contributed by atoms with Gasteiger partial charge in [0.2, 0.25) is 0 Å². The van der Waals surface area contributed by atoms with Gasteiger partial charge in [0.1, 0.15) is 6.17 Å². The summed E-state index contributed by atoms with van der Waals surface area (Å²) < 4.78 is 13.2. The Morgan fingerprint density at radius 3 is 2.06 bits per heavy atom. The molecular weight excluding hydrogens is 239 g/mol. The fraction of sp³-hybridized carbons (Fsp3) is 0.750. The summed E-state index contributed by atoms with van der Waals surface area (Å²) in [7, 11) is 0. The van der Waals surface area contributed by atoms with Gasteiger partial charge < -0.3 is 25.5 Å². The van der Waals surface area contributed by atoms with Crippen LogP contribution in [0.1, 0.15) is 6.42 Å². The molecule has 0 aromatic rings. The summed E-state index contributed by atoms with van der Waals surface area (Å²) in [5.41, 5.74) is 4.06. The molecule has 5 unspecified atom stereocenters. The molecule has 0 saturated heterocycles. The normalized spacial score (nSPS) is 43.6. The van der Waals surface area contributed by atoms with Crippen molar-refractivity contribution in [3.8, 4) is 0 Å². The predicted molar refractivity (Wildman–Crippen MR) is 36.9 cm³/mol. The van der Waals surface area contributed by atoms with Gasteiger partial charge in [-0.2, -0.15) is 0 Å². The van der Waals surface area contributed by atoms with E-state index in [4.69, 9.17) is 5.73 Å². The van der Waals surface area contributed by atoms with Crippen LogP contribution in [0.25, 0.3) is 0 Å². The average molecular weight is 247 g/mol. The van der Waals surface area contributed by atoms with E-state index < -0.39 is 41.4 Å². The maximum atomic E-state index is 13.2. The van der Waals surface area contributed by atoms with Crippen molar-refractivity contribution in [1.82, 2.24) is 0 Å². The van der Waals surface area contributed by atoms with Crippen LogP contribution in [0.2, 0.25) is 0 Å². The van der Waals surface area contributed by atoms with Crippen molar-refractivity contribution in [1.29, 1.82) is 0 Å². The van der Waals surface area contributed by atoms with Crippen LogP contribution in [0.5, 0.6) is 0 Å². The van der Waals surface area contributed by atoms with Crippen molar-refractivity contribution < 1.29 is 83.3 Å². The summed E-state index contributed by atoms with van der Waals surface area (Å²) in [5, 5.41) is 21.1. The van der Waals surface area contributed by atoms with Gasteiger partial charge in [0.25, 0.3) is 0 Å². The van der Waals surface area contributed by atoms with E-state index in [-0.39, 0.29) is 65.5 Å². The zero-order chi connectivity index (χ0) is 10.7. The molecule has 0 aromatic heterocycles. The summed E-state index contributed by atoms with van der Waals surface area (Å²) in [6, 6.07) is 0. The molecule has 0 bridgehead atoms. The number of hydrogen-bond donors (Lipinski definition) is 1. The Morgan fingerprint density at radius 1 is 1.25 bits per heavy atom. The van der Waals surface area contributed by atoms with Crippen LogP contribution < -0.4 is 75.1 Å². The number of aliphatic carboxylic acids is 2. The second kappa shape index (κ2) is 5.22. The molecule has 0 aromatic carbocycles. The third kappa shape index (κ3) is 2.09. The summed E-state index contributed by atoms with van der Waals surface area (Å²) in [4.78, 5) is 21.1. The molecule has 16 heavy (non-hydrogen) atoms. The Bertz CT molecular complexity index is 329. The minimum Gasteiger partial charge on any atom is -0.550 e. The molecule has 5 atom stereocenters. The SMILES string of the molecule is NC12C(C(=O)[O-])CC(F)C1C2C(=O)[O-].[Na+].[Na+]. The van der Waals surface area contributed by atoms with Gasteiger partial charge in [-0.3, -0.25) is 0 Å². The molecule has 2 rings (SSSR count). The van der Waals surface area contributed by atoms with Crippen molar-refractivity contribution in [2.75, 3.05) is 0 Å². The third-order valence-corrected chi connectivity index (χ3v) is 3.36. The van der Waals surface area contributed by atoms with E-state index in [1.807, 2.05) is 0 Å². The molecule has 0 radical (unpaired) electrons. The van der Waals surface area contributed by atoms with Crippen LogP contribution in [0.4, 0.5) is 4.39 Å². The van der Waals surface area contributed by atoms with E-state index in [0.717, 1.165) is 0 Å². The van der Waals surface area contributed by atoms with Gasteiger partial charge in [-0.25, -0.2) is 4.39 Å². The molecule has 2 aliphatic carbocycles. The minimum atomic E-state index is -1.49. The first-order chi connectivity index (χ1) is 6.40. The van der Waals surface area contributed by atoms with Gasteiger partial charge in [0.15, 0.2) is 0 Å². The standard InChI is InChI=1S/C8H10FNO4.2Na/c9-3-1-2(6(11)12)8(10)4(3)5(8)7(13)14;;/h2-5H,1,10H2,(H,11,12)(H,13,14);;/q;2*+1/p-2. The quantitative estimate of drug-likeness (QED) is 0.488.